The van der Waals surface area contributed by atoms with Gasteiger partial charge in [-0.1, -0.05) is 0 Å². The quantitative estimate of drug-likeness (QED) is 0.793. The number of amides is 2. The average Bonchev–Trinajstić information content (AvgIpc) is 2.69. The van der Waals surface area contributed by atoms with Crippen LogP contribution in [0.4, 0.5) is 11.4 Å². The first-order valence-electron chi connectivity index (χ1n) is 9.27. The zero-order chi connectivity index (χ0) is 19.9. The number of hydrogen-bond acceptors (Lipinski definition) is 5. The molecule has 2 aromatic rings. The minimum atomic E-state index is -0.186. The van der Waals surface area contributed by atoms with Gasteiger partial charge in [-0.3, -0.25) is 9.59 Å². The topological polar surface area (TPSA) is 77.1 Å². The van der Waals surface area contributed by atoms with Crippen molar-refractivity contribution >= 4 is 23.2 Å². The van der Waals surface area contributed by atoms with Gasteiger partial charge in [0.05, 0.1) is 6.61 Å². The van der Waals surface area contributed by atoms with Gasteiger partial charge in [-0.15, -0.1) is 0 Å². The number of benzene rings is 2. The van der Waals surface area contributed by atoms with Crippen molar-refractivity contribution in [3.05, 3.63) is 42.5 Å². The van der Waals surface area contributed by atoms with Crippen LogP contribution in [0.2, 0.25) is 0 Å². The standard InChI is InChI=1S/C21H24N2O5/c1-3-26-18-7-5-17(6-8-18)23(15(2)24)11-10-21(25)22-16-4-9-19-20(14-16)28-13-12-27-19/h4-9,14H,3,10-13H2,1-2H3,(H,22,25). The average molecular weight is 384 g/mol. The van der Waals surface area contributed by atoms with Crippen molar-refractivity contribution in [1.82, 2.24) is 0 Å². The maximum absolute atomic E-state index is 12.3. The third-order valence-corrected chi connectivity index (χ3v) is 4.23. The SMILES string of the molecule is CCOc1ccc(N(CCC(=O)Nc2ccc3c(c2)OCCO3)C(C)=O)cc1. The molecule has 1 N–H and O–H groups in total. The minimum Gasteiger partial charge on any atom is -0.494 e. The van der Waals surface area contributed by atoms with E-state index in [2.05, 4.69) is 5.32 Å². The van der Waals surface area contributed by atoms with Crippen LogP contribution in [-0.2, 0) is 9.59 Å². The Balaban J connectivity index is 1.59. The largest absolute Gasteiger partial charge is 0.494 e. The summed E-state index contributed by atoms with van der Waals surface area (Å²) in [6, 6.07) is 12.5. The highest BCUT2D eigenvalue weighted by Crippen LogP contribution is 2.32. The van der Waals surface area contributed by atoms with E-state index in [-0.39, 0.29) is 24.8 Å². The van der Waals surface area contributed by atoms with E-state index in [4.69, 9.17) is 14.2 Å². The second-order valence-corrected chi connectivity index (χ2v) is 6.25. The third kappa shape index (κ3) is 4.94. The number of carbonyl (C=O) groups excluding carboxylic acids is 2. The molecule has 28 heavy (non-hydrogen) atoms. The summed E-state index contributed by atoms with van der Waals surface area (Å²) in [7, 11) is 0. The first-order chi connectivity index (χ1) is 13.6. The lowest BCUT2D eigenvalue weighted by atomic mass is 10.2. The van der Waals surface area contributed by atoms with Gasteiger partial charge in [-0.05, 0) is 43.3 Å². The van der Waals surface area contributed by atoms with Crippen LogP contribution in [-0.4, -0.2) is 38.2 Å². The van der Waals surface area contributed by atoms with Gasteiger partial charge < -0.3 is 24.4 Å². The number of ether oxygens (including phenoxy) is 3. The van der Waals surface area contributed by atoms with Crippen LogP contribution >= 0.6 is 0 Å². The van der Waals surface area contributed by atoms with Crippen molar-refractivity contribution in [2.45, 2.75) is 20.3 Å². The molecule has 148 valence electrons. The molecule has 1 heterocycles. The molecule has 0 saturated heterocycles. The van der Waals surface area contributed by atoms with Gasteiger partial charge in [-0.25, -0.2) is 0 Å². The molecule has 0 atom stereocenters. The van der Waals surface area contributed by atoms with Crippen LogP contribution in [0, 0.1) is 0 Å². The molecule has 0 aliphatic carbocycles. The molecule has 0 radical (unpaired) electrons. The fraction of sp³-hybridized carbons (Fsp3) is 0.333. The van der Waals surface area contributed by atoms with Gasteiger partial charge >= 0.3 is 0 Å². The van der Waals surface area contributed by atoms with E-state index >= 15 is 0 Å². The maximum atomic E-state index is 12.3. The molecule has 0 aromatic heterocycles. The van der Waals surface area contributed by atoms with Gasteiger partial charge in [0.2, 0.25) is 11.8 Å². The molecule has 7 heteroatoms. The van der Waals surface area contributed by atoms with Crippen LogP contribution in [0.3, 0.4) is 0 Å². The molecule has 2 amide bonds. The van der Waals surface area contributed by atoms with Crippen molar-refractivity contribution in [3.8, 4) is 17.2 Å². The lowest BCUT2D eigenvalue weighted by Gasteiger charge is -2.21. The van der Waals surface area contributed by atoms with Crippen molar-refractivity contribution in [1.29, 1.82) is 0 Å². The molecule has 0 saturated carbocycles. The molecule has 1 aliphatic heterocycles. The van der Waals surface area contributed by atoms with Crippen LogP contribution in [0.15, 0.2) is 42.5 Å². The van der Waals surface area contributed by atoms with Crippen LogP contribution in [0.25, 0.3) is 0 Å². The molecule has 1 aliphatic rings. The molecule has 2 aromatic carbocycles. The smallest absolute Gasteiger partial charge is 0.226 e. The van der Waals surface area contributed by atoms with Crippen molar-refractivity contribution in [3.63, 3.8) is 0 Å². The van der Waals surface area contributed by atoms with Gasteiger partial charge in [-0.2, -0.15) is 0 Å². The monoisotopic (exact) mass is 384 g/mol. The Labute approximate surface area is 164 Å². The van der Waals surface area contributed by atoms with Crippen molar-refractivity contribution in [2.75, 3.05) is 36.6 Å². The van der Waals surface area contributed by atoms with Gasteiger partial charge in [0.1, 0.15) is 19.0 Å². The highest BCUT2D eigenvalue weighted by atomic mass is 16.6. The maximum Gasteiger partial charge on any atom is 0.226 e. The third-order valence-electron chi connectivity index (χ3n) is 4.23. The Hall–Kier alpha value is -3.22. The molecule has 3 rings (SSSR count). The van der Waals surface area contributed by atoms with E-state index in [1.54, 1.807) is 23.1 Å². The summed E-state index contributed by atoms with van der Waals surface area (Å²) in [5.41, 5.74) is 1.35. The van der Waals surface area contributed by atoms with Crippen molar-refractivity contribution in [2.24, 2.45) is 0 Å². The number of anilines is 2. The molecular weight excluding hydrogens is 360 g/mol. The number of nitrogens with one attached hydrogen (secondary N) is 1. The molecular formula is C21H24N2O5. The summed E-state index contributed by atoms with van der Waals surface area (Å²) in [5.74, 6) is 1.71. The van der Waals surface area contributed by atoms with E-state index in [0.29, 0.717) is 37.0 Å². The zero-order valence-corrected chi connectivity index (χ0v) is 16.1. The summed E-state index contributed by atoms with van der Waals surface area (Å²) in [6.45, 7) is 5.26. The van der Waals surface area contributed by atoms with Crippen LogP contribution in [0.1, 0.15) is 20.3 Å². The Kier molecular flexibility index (Phi) is 6.37. The zero-order valence-electron chi connectivity index (χ0n) is 16.1. The Bertz CT molecular complexity index is 835. The summed E-state index contributed by atoms with van der Waals surface area (Å²) in [5, 5.41) is 2.83. The van der Waals surface area contributed by atoms with Crippen LogP contribution in [0.5, 0.6) is 17.2 Å². The Morgan fingerprint density at radius 2 is 1.79 bits per heavy atom. The van der Waals surface area contributed by atoms with Gasteiger partial charge in [0, 0.05) is 37.3 Å². The van der Waals surface area contributed by atoms with E-state index in [9.17, 15) is 9.59 Å². The number of hydrogen-bond donors (Lipinski definition) is 1. The highest BCUT2D eigenvalue weighted by Gasteiger charge is 2.15. The molecule has 7 nitrogen and oxygen atoms in total. The van der Waals surface area contributed by atoms with E-state index < -0.39 is 0 Å². The first-order valence-corrected chi connectivity index (χ1v) is 9.27. The van der Waals surface area contributed by atoms with E-state index in [1.807, 2.05) is 31.2 Å². The summed E-state index contributed by atoms with van der Waals surface area (Å²) in [6.07, 6.45) is 0.168. The van der Waals surface area contributed by atoms with E-state index in [1.165, 1.54) is 6.92 Å². The fourth-order valence-corrected chi connectivity index (χ4v) is 2.92. The normalized spacial score (nSPS) is 12.2. The predicted octanol–water partition coefficient (Wildman–Crippen LogP) is 3.24. The molecule has 0 spiro atoms. The lowest BCUT2D eigenvalue weighted by Crippen LogP contribution is -2.31. The summed E-state index contributed by atoms with van der Waals surface area (Å²) in [4.78, 5) is 25.9. The number of fused-ring (bicyclic) bond motifs is 1. The minimum absolute atomic E-state index is 0.128. The van der Waals surface area contributed by atoms with Crippen LogP contribution < -0.4 is 24.4 Å². The van der Waals surface area contributed by atoms with Crippen molar-refractivity contribution < 1.29 is 23.8 Å². The Morgan fingerprint density at radius 3 is 2.46 bits per heavy atom. The lowest BCUT2D eigenvalue weighted by molar-refractivity contribution is -0.117. The number of carbonyl (C=O) groups is 2. The van der Waals surface area contributed by atoms with E-state index in [0.717, 1.165) is 11.4 Å². The predicted molar refractivity (Wildman–Crippen MR) is 106 cm³/mol. The second-order valence-electron chi connectivity index (χ2n) is 6.25. The number of rotatable bonds is 7. The first kappa shape index (κ1) is 19.5. The molecule has 0 unspecified atom stereocenters. The fourth-order valence-electron chi connectivity index (χ4n) is 2.92. The Morgan fingerprint density at radius 1 is 1.07 bits per heavy atom. The van der Waals surface area contributed by atoms with Gasteiger partial charge in [0.25, 0.3) is 0 Å². The summed E-state index contributed by atoms with van der Waals surface area (Å²) < 4.78 is 16.4. The van der Waals surface area contributed by atoms with Gasteiger partial charge in [0.15, 0.2) is 11.5 Å². The molecule has 0 bridgehead atoms. The second kappa shape index (κ2) is 9.12. The summed E-state index contributed by atoms with van der Waals surface area (Å²) >= 11 is 0. The highest BCUT2D eigenvalue weighted by molar-refractivity contribution is 5.95. The molecule has 0 fully saturated rings. The number of nitrogens with zero attached hydrogens (tertiary/aromatic N) is 1.